The van der Waals surface area contributed by atoms with E-state index in [9.17, 15) is 14.4 Å². The van der Waals surface area contributed by atoms with Crippen molar-refractivity contribution in [2.24, 2.45) is 11.8 Å². The smallest absolute Gasteiger partial charge is 0.410 e. The van der Waals surface area contributed by atoms with Crippen molar-refractivity contribution >= 4 is 17.9 Å². The van der Waals surface area contributed by atoms with Crippen LogP contribution in [-0.4, -0.2) is 66.7 Å². The number of carbonyl (C=O) groups excluding carboxylic acids is 3. The predicted octanol–water partition coefficient (Wildman–Crippen LogP) is 2.64. The lowest BCUT2D eigenvalue weighted by molar-refractivity contribution is 0.0269. The zero-order valence-corrected chi connectivity index (χ0v) is 20.8. The molecule has 9 nitrogen and oxygen atoms in total. The molecule has 9 heteroatoms. The second-order valence-electron chi connectivity index (χ2n) is 10.1. The molecule has 2 heterocycles. The van der Waals surface area contributed by atoms with E-state index in [1.807, 2.05) is 45.0 Å². The number of ether oxygens (including phenoxy) is 2. The first-order valence-corrected chi connectivity index (χ1v) is 11.7. The summed E-state index contributed by atoms with van der Waals surface area (Å²) >= 11 is 0. The molecule has 2 aromatic rings. The molecular formula is C26H32N4O5. The summed E-state index contributed by atoms with van der Waals surface area (Å²) in [5, 5.41) is 5.65. The number of hydrogen-bond donors (Lipinski definition) is 2. The van der Waals surface area contributed by atoms with Crippen LogP contribution in [0.4, 0.5) is 4.79 Å². The van der Waals surface area contributed by atoms with Crippen LogP contribution >= 0.6 is 0 Å². The number of methoxy groups -OCH3 is 1. The number of nitrogens with one attached hydrogen (secondary N) is 2. The minimum atomic E-state index is -0.538. The lowest BCUT2D eigenvalue weighted by Crippen LogP contribution is -2.40. The molecule has 4 rings (SSSR count). The number of aromatic nitrogens is 1. The number of pyridine rings is 1. The molecule has 1 aromatic heterocycles. The summed E-state index contributed by atoms with van der Waals surface area (Å²) in [7, 11) is 3.13. The summed E-state index contributed by atoms with van der Waals surface area (Å²) in [6.45, 7) is 6.65. The van der Waals surface area contributed by atoms with E-state index in [2.05, 4.69) is 15.6 Å². The highest BCUT2D eigenvalue weighted by molar-refractivity contribution is 5.99. The molecule has 3 atom stereocenters. The second-order valence-corrected chi connectivity index (χ2v) is 10.1. The van der Waals surface area contributed by atoms with Gasteiger partial charge in [-0.2, -0.15) is 0 Å². The Hall–Kier alpha value is -3.62. The molecule has 35 heavy (non-hydrogen) atoms. The summed E-state index contributed by atoms with van der Waals surface area (Å²) < 4.78 is 10.7. The van der Waals surface area contributed by atoms with Crippen LogP contribution in [0.25, 0.3) is 0 Å². The van der Waals surface area contributed by atoms with Crippen molar-refractivity contribution in [3.8, 4) is 5.75 Å². The van der Waals surface area contributed by atoms with Gasteiger partial charge in [-0.15, -0.1) is 0 Å². The summed E-state index contributed by atoms with van der Waals surface area (Å²) in [4.78, 5) is 43.9. The number of likely N-dealkylation sites (tertiary alicyclic amines) is 1. The number of hydrogen-bond acceptors (Lipinski definition) is 6. The van der Waals surface area contributed by atoms with Gasteiger partial charge in [0.15, 0.2) is 0 Å². The van der Waals surface area contributed by atoms with E-state index in [-0.39, 0.29) is 41.5 Å². The fourth-order valence-electron chi connectivity index (χ4n) is 4.50. The molecule has 0 spiro atoms. The molecule has 1 aliphatic heterocycles. The third-order valence-electron chi connectivity index (χ3n) is 6.26. The molecule has 0 radical (unpaired) electrons. The van der Waals surface area contributed by atoms with Crippen LogP contribution in [0.15, 0.2) is 36.4 Å². The molecule has 1 aliphatic carbocycles. The standard InChI is InChI=1S/C26H32N4O5/c1-26(2,3)35-25(33)30-13-19-20(14-30)22(19)29-23(31)16-11-17(28-21(12-16)24(32)27-4)9-15-7-6-8-18(10-15)34-5/h6-8,10-12,19-20,22H,9,13-14H2,1-5H3,(H,27,32)(H,29,31)/t19-,20?,22?/m1/s1. The van der Waals surface area contributed by atoms with Crippen LogP contribution in [0.3, 0.4) is 0 Å². The van der Waals surface area contributed by atoms with Crippen molar-refractivity contribution in [1.82, 2.24) is 20.5 Å². The Morgan fingerprint density at radius 3 is 2.43 bits per heavy atom. The summed E-state index contributed by atoms with van der Waals surface area (Å²) in [6, 6.07) is 10.8. The van der Waals surface area contributed by atoms with Crippen molar-refractivity contribution < 1.29 is 23.9 Å². The molecule has 1 saturated heterocycles. The third-order valence-corrected chi connectivity index (χ3v) is 6.26. The summed E-state index contributed by atoms with van der Waals surface area (Å²) in [5.74, 6) is 0.532. The first kappa shape index (κ1) is 24.5. The Bertz CT molecular complexity index is 1130. The van der Waals surface area contributed by atoms with E-state index >= 15 is 0 Å². The highest BCUT2D eigenvalue weighted by Crippen LogP contribution is 2.46. The number of rotatable bonds is 6. The molecular weight excluding hydrogens is 448 g/mol. The van der Waals surface area contributed by atoms with Crippen molar-refractivity contribution in [3.05, 3.63) is 58.9 Å². The van der Waals surface area contributed by atoms with Gasteiger partial charge in [0.25, 0.3) is 11.8 Å². The van der Waals surface area contributed by atoms with Crippen LogP contribution in [-0.2, 0) is 11.2 Å². The first-order valence-electron chi connectivity index (χ1n) is 11.7. The number of piperidine rings is 1. The van der Waals surface area contributed by atoms with Gasteiger partial charge < -0.3 is 25.0 Å². The van der Waals surface area contributed by atoms with Crippen LogP contribution in [0, 0.1) is 11.8 Å². The number of nitrogens with zero attached hydrogens (tertiary/aromatic N) is 2. The Morgan fingerprint density at radius 2 is 1.80 bits per heavy atom. The Labute approximate surface area is 205 Å². The van der Waals surface area contributed by atoms with Gasteiger partial charge in [0.05, 0.1) is 7.11 Å². The van der Waals surface area contributed by atoms with Crippen LogP contribution in [0.2, 0.25) is 0 Å². The lowest BCUT2D eigenvalue weighted by atomic mass is 10.1. The molecule has 3 amide bonds. The average molecular weight is 481 g/mol. The Balaban J connectivity index is 1.44. The highest BCUT2D eigenvalue weighted by atomic mass is 16.6. The van der Waals surface area contributed by atoms with E-state index in [1.54, 1.807) is 18.1 Å². The fraction of sp³-hybridized carbons (Fsp3) is 0.462. The van der Waals surface area contributed by atoms with Crippen LogP contribution < -0.4 is 15.4 Å². The minimum absolute atomic E-state index is 0.000335. The van der Waals surface area contributed by atoms with Gasteiger partial charge in [-0.25, -0.2) is 9.78 Å². The van der Waals surface area contributed by atoms with Gasteiger partial charge in [-0.3, -0.25) is 9.59 Å². The quantitative estimate of drug-likeness (QED) is 0.658. The van der Waals surface area contributed by atoms with E-state index in [0.717, 1.165) is 11.3 Å². The second kappa shape index (κ2) is 9.56. The molecule has 2 fully saturated rings. The van der Waals surface area contributed by atoms with Gasteiger partial charge in [-0.05, 0) is 50.6 Å². The van der Waals surface area contributed by atoms with Crippen LogP contribution in [0.5, 0.6) is 5.75 Å². The first-order chi connectivity index (χ1) is 16.6. The van der Waals surface area contributed by atoms with Crippen LogP contribution in [0.1, 0.15) is 52.9 Å². The summed E-state index contributed by atoms with van der Waals surface area (Å²) in [6.07, 6.45) is 0.128. The maximum Gasteiger partial charge on any atom is 0.410 e. The van der Waals surface area contributed by atoms with E-state index in [1.165, 1.54) is 13.1 Å². The largest absolute Gasteiger partial charge is 0.497 e. The Morgan fingerprint density at radius 1 is 1.09 bits per heavy atom. The monoisotopic (exact) mass is 480 g/mol. The molecule has 2 aliphatic rings. The number of benzene rings is 1. The van der Waals surface area contributed by atoms with E-state index < -0.39 is 5.60 Å². The number of fused-ring (bicyclic) bond motifs is 1. The number of amides is 3. The van der Waals surface area contributed by atoms with E-state index in [0.29, 0.717) is 30.8 Å². The van der Waals surface area contributed by atoms with Gasteiger partial charge in [0, 0.05) is 55.7 Å². The van der Waals surface area contributed by atoms with Gasteiger partial charge in [-0.1, -0.05) is 12.1 Å². The zero-order valence-electron chi connectivity index (χ0n) is 20.8. The molecule has 1 aromatic carbocycles. The highest BCUT2D eigenvalue weighted by Gasteiger charge is 2.58. The average Bonchev–Trinajstić information content (AvgIpc) is 3.24. The molecule has 1 saturated carbocycles. The SMILES string of the molecule is CNC(=O)c1cc(C(=O)NC2C3CN(C(=O)OC(C)(C)C)C[C@H]32)cc(Cc2cccc(OC)c2)n1. The molecule has 2 unspecified atom stereocenters. The van der Waals surface area contributed by atoms with Gasteiger partial charge >= 0.3 is 6.09 Å². The lowest BCUT2D eigenvalue weighted by Gasteiger charge is -2.26. The van der Waals surface area contributed by atoms with Crippen molar-refractivity contribution in [2.75, 3.05) is 27.2 Å². The normalized spacial score (nSPS) is 20.6. The predicted molar refractivity (Wildman–Crippen MR) is 129 cm³/mol. The fourth-order valence-corrected chi connectivity index (χ4v) is 4.50. The maximum absolute atomic E-state index is 13.1. The zero-order chi connectivity index (χ0) is 25.3. The topological polar surface area (TPSA) is 110 Å². The maximum atomic E-state index is 13.1. The van der Waals surface area contributed by atoms with Crippen molar-refractivity contribution in [2.45, 2.75) is 38.8 Å². The molecule has 186 valence electrons. The van der Waals surface area contributed by atoms with Gasteiger partial charge in [0.1, 0.15) is 17.0 Å². The van der Waals surface area contributed by atoms with Crippen molar-refractivity contribution in [1.29, 1.82) is 0 Å². The number of carbonyl (C=O) groups is 3. The van der Waals surface area contributed by atoms with E-state index in [4.69, 9.17) is 9.47 Å². The molecule has 0 bridgehead atoms. The van der Waals surface area contributed by atoms with Crippen molar-refractivity contribution in [3.63, 3.8) is 0 Å². The van der Waals surface area contributed by atoms with Gasteiger partial charge in [0.2, 0.25) is 0 Å². The molecule has 2 N–H and O–H groups in total. The minimum Gasteiger partial charge on any atom is -0.497 e. The summed E-state index contributed by atoms with van der Waals surface area (Å²) in [5.41, 5.74) is 1.59. The third kappa shape index (κ3) is 5.72. The Kier molecular flexibility index (Phi) is 6.69.